The summed E-state index contributed by atoms with van der Waals surface area (Å²) in [6, 6.07) is 2.04. The molecule has 90 valence electrons. The molecule has 0 saturated carbocycles. The summed E-state index contributed by atoms with van der Waals surface area (Å²) >= 11 is 1.47. The van der Waals surface area contributed by atoms with E-state index in [4.69, 9.17) is 4.74 Å². The van der Waals surface area contributed by atoms with E-state index in [0.717, 1.165) is 23.3 Å². The highest BCUT2D eigenvalue weighted by Gasteiger charge is 2.21. The lowest BCUT2D eigenvalue weighted by molar-refractivity contribution is 0.0530. The second-order valence-electron chi connectivity index (χ2n) is 4.69. The Hall–Kier alpha value is -0.830. The average Bonchev–Trinajstić information content (AvgIpc) is 2.65. The van der Waals surface area contributed by atoms with Crippen molar-refractivity contribution >= 4 is 17.3 Å². The van der Waals surface area contributed by atoms with Crippen LogP contribution in [0.5, 0.6) is 0 Å². The fraction of sp³-hybridized carbons (Fsp3) is 0.615. The molecule has 1 aromatic rings. The van der Waals surface area contributed by atoms with Crippen LogP contribution >= 0.6 is 11.3 Å². The van der Waals surface area contributed by atoms with E-state index in [1.807, 2.05) is 18.4 Å². The largest absolute Gasteiger partial charge is 0.462 e. The van der Waals surface area contributed by atoms with Gasteiger partial charge < -0.3 is 4.74 Å². The first kappa shape index (κ1) is 13.2. The molecule has 0 bridgehead atoms. The molecule has 0 aliphatic rings. The van der Waals surface area contributed by atoms with Gasteiger partial charge >= 0.3 is 5.97 Å². The maximum Gasteiger partial charge on any atom is 0.348 e. The number of rotatable bonds is 5. The molecule has 16 heavy (non-hydrogen) atoms. The Morgan fingerprint density at radius 2 is 2.12 bits per heavy atom. The number of carbonyl (C=O) groups is 1. The first-order valence-corrected chi connectivity index (χ1v) is 6.61. The van der Waals surface area contributed by atoms with E-state index >= 15 is 0 Å². The van der Waals surface area contributed by atoms with Crippen molar-refractivity contribution in [2.75, 3.05) is 6.61 Å². The average molecular weight is 240 g/mol. The second kappa shape index (κ2) is 5.48. The third-order valence-electron chi connectivity index (χ3n) is 2.83. The predicted octanol–water partition coefficient (Wildman–Crippen LogP) is 3.90. The minimum absolute atomic E-state index is 0.181. The first-order chi connectivity index (χ1) is 7.50. The number of ether oxygens (including phenoxy) is 1. The Morgan fingerprint density at radius 3 is 2.69 bits per heavy atom. The molecule has 0 aliphatic carbocycles. The molecule has 0 aromatic carbocycles. The normalized spacial score (nSPS) is 11.5. The van der Waals surface area contributed by atoms with Gasteiger partial charge in [-0.3, -0.25) is 0 Å². The van der Waals surface area contributed by atoms with Crippen molar-refractivity contribution in [2.45, 2.75) is 40.5 Å². The van der Waals surface area contributed by atoms with E-state index in [2.05, 4.69) is 20.8 Å². The lowest BCUT2D eigenvalue weighted by atomic mass is 9.83. The number of carbonyl (C=O) groups excluding carboxylic acids is 1. The van der Waals surface area contributed by atoms with Crippen LogP contribution in [0, 0.1) is 5.41 Å². The Morgan fingerprint density at radius 1 is 1.44 bits per heavy atom. The van der Waals surface area contributed by atoms with Crippen LogP contribution in [0.2, 0.25) is 0 Å². The third kappa shape index (κ3) is 3.34. The van der Waals surface area contributed by atoms with Crippen LogP contribution in [0.4, 0.5) is 0 Å². The van der Waals surface area contributed by atoms with Gasteiger partial charge in [0, 0.05) is 0 Å². The topological polar surface area (TPSA) is 26.3 Å². The van der Waals surface area contributed by atoms with Crippen molar-refractivity contribution in [3.8, 4) is 0 Å². The standard InChI is InChI=1S/C13H20O2S/c1-5-13(3,4)9-10-7-8-16-11(10)12(14)15-6-2/h7-8H,5-6,9H2,1-4H3. The van der Waals surface area contributed by atoms with E-state index in [1.165, 1.54) is 11.3 Å². The molecule has 0 saturated heterocycles. The van der Waals surface area contributed by atoms with Crippen LogP contribution in [0.3, 0.4) is 0 Å². The summed E-state index contributed by atoms with van der Waals surface area (Å²) < 4.78 is 5.05. The van der Waals surface area contributed by atoms with Crippen molar-refractivity contribution < 1.29 is 9.53 Å². The van der Waals surface area contributed by atoms with Crippen LogP contribution in [0.1, 0.15) is 49.4 Å². The molecule has 0 amide bonds. The monoisotopic (exact) mass is 240 g/mol. The van der Waals surface area contributed by atoms with Crippen LogP contribution in [-0.2, 0) is 11.2 Å². The lowest BCUT2D eigenvalue weighted by Crippen LogP contribution is -2.15. The highest BCUT2D eigenvalue weighted by atomic mass is 32.1. The lowest BCUT2D eigenvalue weighted by Gasteiger charge is -2.22. The van der Waals surface area contributed by atoms with Gasteiger partial charge in [-0.05, 0) is 35.8 Å². The van der Waals surface area contributed by atoms with Crippen LogP contribution in [0.15, 0.2) is 11.4 Å². The van der Waals surface area contributed by atoms with Gasteiger partial charge in [0.05, 0.1) is 6.61 Å². The molecule has 0 atom stereocenters. The smallest absolute Gasteiger partial charge is 0.348 e. The van der Waals surface area contributed by atoms with Crippen LogP contribution in [0.25, 0.3) is 0 Å². The van der Waals surface area contributed by atoms with Gasteiger partial charge in [0.1, 0.15) is 4.88 Å². The number of hydrogen-bond donors (Lipinski definition) is 0. The summed E-state index contributed by atoms with van der Waals surface area (Å²) in [5, 5.41) is 1.97. The molecule has 0 radical (unpaired) electrons. The molecule has 0 N–H and O–H groups in total. The van der Waals surface area contributed by atoms with E-state index in [-0.39, 0.29) is 11.4 Å². The molecule has 3 heteroatoms. The van der Waals surface area contributed by atoms with E-state index in [0.29, 0.717) is 6.61 Å². The number of thiophene rings is 1. The van der Waals surface area contributed by atoms with Gasteiger partial charge in [0.15, 0.2) is 0 Å². The number of esters is 1. The molecule has 0 aliphatic heterocycles. The Kier molecular flexibility index (Phi) is 4.54. The van der Waals surface area contributed by atoms with Gasteiger partial charge in [-0.15, -0.1) is 11.3 Å². The summed E-state index contributed by atoms with van der Waals surface area (Å²) in [6.07, 6.45) is 2.03. The summed E-state index contributed by atoms with van der Waals surface area (Å²) in [6.45, 7) is 8.89. The van der Waals surface area contributed by atoms with Gasteiger partial charge in [-0.25, -0.2) is 4.79 Å². The summed E-state index contributed by atoms with van der Waals surface area (Å²) in [4.78, 5) is 12.5. The molecule has 0 fully saturated rings. The van der Waals surface area contributed by atoms with Crippen molar-refractivity contribution in [2.24, 2.45) is 5.41 Å². The minimum Gasteiger partial charge on any atom is -0.462 e. The predicted molar refractivity (Wildman–Crippen MR) is 68.1 cm³/mol. The summed E-state index contributed by atoms with van der Waals surface area (Å²) in [5.74, 6) is -0.181. The molecule has 0 unspecified atom stereocenters. The third-order valence-corrected chi connectivity index (χ3v) is 3.77. The molecule has 1 aromatic heterocycles. The fourth-order valence-corrected chi connectivity index (χ4v) is 2.31. The van der Waals surface area contributed by atoms with E-state index in [9.17, 15) is 4.79 Å². The van der Waals surface area contributed by atoms with Gasteiger partial charge in [0.25, 0.3) is 0 Å². The van der Waals surface area contributed by atoms with Gasteiger partial charge in [-0.1, -0.05) is 27.2 Å². The Balaban J connectivity index is 2.82. The second-order valence-corrected chi connectivity index (χ2v) is 5.61. The maximum atomic E-state index is 11.7. The molecule has 1 rings (SSSR count). The Labute approximate surface area is 102 Å². The van der Waals surface area contributed by atoms with Crippen LogP contribution < -0.4 is 0 Å². The molecular weight excluding hydrogens is 220 g/mol. The molecule has 2 nitrogen and oxygen atoms in total. The van der Waals surface area contributed by atoms with Crippen molar-refractivity contribution in [1.82, 2.24) is 0 Å². The zero-order chi connectivity index (χ0) is 12.2. The SMILES string of the molecule is CCOC(=O)c1sccc1CC(C)(C)CC. The van der Waals surface area contributed by atoms with E-state index < -0.39 is 0 Å². The fourth-order valence-electron chi connectivity index (χ4n) is 1.49. The zero-order valence-corrected chi connectivity index (χ0v) is 11.3. The Bertz CT molecular complexity index is 353. The molecule has 1 heterocycles. The minimum atomic E-state index is -0.181. The van der Waals surface area contributed by atoms with E-state index in [1.54, 1.807) is 0 Å². The zero-order valence-electron chi connectivity index (χ0n) is 10.5. The summed E-state index contributed by atoms with van der Waals surface area (Å²) in [5.41, 5.74) is 1.36. The molecular formula is C13H20O2S. The van der Waals surface area contributed by atoms with Crippen molar-refractivity contribution in [3.63, 3.8) is 0 Å². The molecule has 0 spiro atoms. The van der Waals surface area contributed by atoms with Crippen molar-refractivity contribution in [1.29, 1.82) is 0 Å². The quantitative estimate of drug-likeness (QED) is 0.729. The first-order valence-electron chi connectivity index (χ1n) is 5.73. The highest BCUT2D eigenvalue weighted by Crippen LogP contribution is 2.29. The maximum absolute atomic E-state index is 11.7. The van der Waals surface area contributed by atoms with Gasteiger partial charge in [0.2, 0.25) is 0 Å². The van der Waals surface area contributed by atoms with Gasteiger partial charge in [-0.2, -0.15) is 0 Å². The highest BCUT2D eigenvalue weighted by molar-refractivity contribution is 7.12. The number of hydrogen-bond acceptors (Lipinski definition) is 3. The van der Waals surface area contributed by atoms with Crippen molar-refractivity contribution in [3.05, 3.63) is 21.9 Å². The van der Waals surface area contributed by atoms with Crippen LogP contribution in [-0.4, -0.2) is 12.6 Å². The summed E-state index contributed by atoms with van der Waals surface area (Å²) in [7, 11) is 0.